The Labute approximate surface area is 160 Å². The maximum Gasteiger partial charge on any atom is 0.213 e. The molecule has 2 N–H and O–H groups in total. The van der Waals surface area contributed by atoms with Crippen LogP contribution in [0.15, 0.2) is 4.99 Å². The van der Waals surface area contributed by atoms with Gasteiger partial charge in [-0.3, -0.25) is 4.99 Å². The Hall–Kier alpha value is -0.0900. The first-order valence-electron chi connectivity index (χ1n) is 8.14. The molecule has 0 heterocycles. The van der Waals surface area contributed by atoms with Crippen molar-refractivity contribution in [2.45, 2.75) is 53.0 Å². The number of hydrogen-bond donors (Lipinski definition) is 2. The molecule has 8 heteroatoms. The Balaban J connectivity index is 0. The highest BCUT2D eigenvalue weighted by Gasteiger charge is 2.14. The molecule has 0 aliphatic rings. The van der Waals surface area contributed by atoms with Gasteiger partial charge in [0.05, 0.1) is 5.75 Å². The van der Waals surface area contributed by atoms with E-state index in [4.69, 9.17) is 0 Å². The maximum absolute atomic E-state index is 11.6. The van der Waals surface area contributed by atoms with Crippen molar-refractivity contribution in [1.82, 2.24) is 14.9 Å². The molecule has 0 aromatic carbocycles. The van der Waals surface area contributed by atoms with Crippen molar-refractivity contribution in [3.05, 3.63) is 0 Å². The Morgan fingerprint density at radius 1 is 1.22 bits per heavy atom. The van der Waals surface area contributed by atoms with Crippen LogP contribution < -0.4 is 10.6 Å². The van der Waals surface area contributed by atoms with Crippen LogP contribution >= 0.6 is 24.0 Å². The Morgan fingerprint density at radius 2 is 1.83 bits per heavy atom. The van der Waals surface area contributed by atoms with Crippen LogP contribution in [0.2, 0.25) is 0 Å². The van der Waals surface area contributed by atoms with E-state index in [1.807, 2.05) is 0 Å². The molecule has 1 unspecified atom stereocenters. The molecule has 0 radical (unpaired) electrons. The summed E-state index contributed by atoms with van der Waals surface area (Å²) in [4.78, 5) is 4.20. The summed E-state index contributed by atoms with van der Waals surface area (Å²) < 4.78 is 24.7. The Morgan fingerprint density at radius 3 is 2.30 bits per heavy atom. The molecule has 0 fully saturated rings. The van der Waals surface area contributed by atoms with Crippen molar-refractivity contribution in [3.63, 3.8) is 0 Å². The summed E-state index contributed by atoms with van der Waals surface area (Å²) in [6.45, 7) is 9.47. The van der Waals surface area contributed by atoms with Gasteiger partial charge in [-0.05, 0) is 39.0 Å². The highest BCUT2D eigenvalue weighted by atomic mass is 127. The van der Waals surface area contributed by atoms with E-state index in [1.54, 1.807) is 21.0 Å². The summed E-state index contributed by atoms with van der Waals surface area (Å²) in [5, 5.41) is 6.59. The molecule has 0 aliphatic carbocycles. The number of sulfonamides is 1. The average Bonchev–Trinajstić information content (AvgIpc) is 2.47. The van der Waals surface area contributed by atoms with Gasteiger partial charge in [-0.2, -0.15) is 0 Å². The minimum atomic E-state index is -3.08. The lowest BCUT2D eigenvalue weighted by Gasteiger charge is -2.19. The fourth-order valence-corrected chi connectivity index (χ4v) is 2.80. The zero-order valence-electron chi connectivity index (χ0n) is 15.4. The van der Waals surface area contributed by atoms with Crippen molar-refractivity contribution in [2.24, 2.45) is 10.9 Å². The fourth-order valence-electron chi connectivity index (χ4n) is 1.95. The largest absolute Gasteiger partial charge is 0.356 e. The van der Waals surface area contributed by atoms with E-state index >= 15 is 0 Å². The molecule has 0 aliphatic heterocycles. The van der Waals surface area contributed by atoms with Gasteiger partial charge >= 0.3 is 0 Å². The first-order chi connectivity index (χ1) is 10.2. The minimum absolute atomic E-state index is 0. The van der Waals surface area contributed by atoms with E-state index in [1.165, 1.54) is 10.7 Å². The van der Waals surface area contributed by atoms with Gasteiger partial charge in [-0.1, -0.05) is 13.8 Å². The van der Waals surface area contributed by atoms with E-state index in [2.05, 4.69) is 36.4 Å². The average molecular weight is 462 g/mol. The predicted octanol–water partition coefficient (Wildman–Crippen LogP) is 2.27. The normalized spacial score (nSPS) is 13.8. The van der Waals surface area contributed by atoms with Gasteiger partial charge < -0.3 is 10.6 Å². The molecule has 0 amide bonds. The van der Waals surface area contributed by atoms with Crippen molar-refractivity contribution in [3.8, 4) is 0 Å². The molecule has 0 aromatic heterocycles. The summed E-state index contributed by atoms with van der Waals surface area (Å²) in [5.41, 5.74) is 0. The molecule has 140 valence electrons. The molecular weight excluding hydrogens is 427 g/mol. The minimum Gasteiger partial charge on any atom is -0.356 e. The lowest BCUT2D eigenvalue weighted by atomic mass is 10.0. The van der Waals surface area contributed by atoms with Crippen LogP contribution in [0.5, 0.6) is 0 Å². The van der Waals surface area contributed by atoms with Crippen LogP contribution in [0.3, 0.4) is 0 Å². The lowest BCUT2D eigenvalue weighted by Crippen LogP contribution is -2.43. The van der Waals surface area contributed by atoms with Crippen molar-refractivity contribution in [2.75, 3.05) is 32.9 Å². The SMILES string of the molecule is CCS(=O)(=O)N(C)CCCNC(=NC)NC(C)CCC(C)C.I. The standard InChI is InChI=1S/C15H34N4O2S.HI/c1-7-22(20,21)19(6)12-8-11-17-15(16-5)18-14(4)10-9-13(2)3;/h13-14H,7-12H2,1-6H3,(H2,16,17,18);1H. The number of nitrogens with one attached hydrogen (secondary N) is 2. The number of nitrogens with zero attached hydrogens (tertiary/aromatic N) is 2. The predicted molar refractivity (Wildman–Crippen MR) is 110 cm³/mol. The second kappa shape index (κ2) is 13.2. The van der Waals surface area contributed by atoms with Gasteiger partial charge in [-0.15, -0.1) is 24.0 Å². The van der Waals surface area contributed by atoms with Crippen LogP contribution in [-0.4, -0.2) is 57.7 Å². The number of guanidine groups is 1. The lowest BCUT2D eigenvalue weighted by molar-refractivity contribution is 0.459. The topological polar surface area (TPSA) is 73.8 Å². The quantitative estimate of drug-likeness (QED) is 0.226. The molecule has 0 saturated heterocycles. The van der Waals surface area contributed by atoms with Gasteiger partial charge in [0.2, 0.25) is 10.0 Å². The third-order valence-electron chi connectivity index (χ3n) is 3.57. The molecule has 0 rings (SSSR count). The van der Waals surface area contributed by atoms with Crippen LogP contribution in [0, 0.1) is 5.92 Å². The molecule has 0 aromatic rings. The number of aliphatic imine (C=N–C) groups is 1. The molecule has 6 nitrogen and oxygen atoms in total. The van der Waals surface area contributed by atoms with E-state index < -0.39 is 10.0 Å². The number of halogens is 1. The number of rotatable bonds is 10. The van der Waals surface area contributed by atoms with E-state index in [-0.39, 0.29) is 29.7 Å². The fraction of sp³-hybridized carbons (Fsp3) is 0.933. The third-order valence-corrected chi connectivity index (χ3v) is 5.43. The van der Waals surface area contributed by atoms with Crippen LogP contribution in [0.25, 0.3) is 0 Å². The van der Waals surface area contributed by atoms with Crippen molar-refractivity contribution < 1.29 is 8.42 Å². The molecular formula is C15H35IN4O2S. The highest BCUT2D eigenvalue weighted by Crippen LogP contribution is 2.06. The maximum atomic E-state index is 11.6. The van der Waals surface area contributed by atoms with Crippen LogP contribution in [-0.2, 0) is 10.0 Å². The Kier molecular flexibility index (Phi) is 14.5. The van der Waals surface area contributed by atoms with E-state index in [9.17, 15) is 8.42 Å². The molecule has 0 bridgehead atoms. The summed E-state index contributed by atoms with van der Waals surface area (Å²) in [6, 6.07) is 0.372. The zero-order chi connectivity index (χ0) is 17.2. The molecule has 1 atom stereocenters. The van der Waals surface area contributed by atoms with Crippen LogP contribution in [0.4, 0.5) is 0 Å². The van der Waals surface area contributed by atoms with Gasteiger partial charge in [0, 0.05) is 33.2 Å². The van der Waals surface area contributed by atoms with E-state index in [0.29, 0.717) is 25.0 Å². The van der Waals surface area contributed by atoms with Crippen molar-refractivity contribution in [1.29, 1.82) is 0 Å². The highest BCUT2D eigenvalue weighted by molar-refractivity contribution is 14.0. The van der Waals surface area contributed by atoms with Crippen LogP contribution in [0.1, 0.15) is 47.0 Å². The van der Waals surface area contributed by atoms with Gasteiger partial charge in [0.25, 0.3) is 0 Å². The number of hydrogen-bond acceptors (Lipinski definition) is 3. The molecule has 23 heavy (non-hydrogen) atoms. The first-order valence-corrected chi connectivity index (χ1v) is 9.75. The monoisotopic (exact) mass is 462 g/mol. The smallest absolute Gasteiger partial charge is 0.213 e. The first kappa shape index (κ1) is 25.2. The summed E-state index contributed by atoms with van der Waals surface area (Å²) >= 11 is 0. The Bertz CT molecular complexity index is 427. The second-order valence-corrected chi connectivity index (χ2v) is 8.46. The molecule has 0 spiro atoms. The third kappa shape index (κ3) is 12.0. The second-order valence-electron chi connectivity index (χ2n) is 6.09. The molecule has 0 saturated carbocycles. The van der Waals surface area contributed by atoms with Gasteiger partial charge in [-0.25, -0.2) is 12.7 Å². The summed E-state index contributed by atoms with van der Waals surface area (Å²) in [6.07, 6.45) is 3.04. The van der Waals surface area contributed by atoms with Crippen molar-refractivity contribution >= 4 is 40.0 Å². The summed E-state index contributed by atoms with van der Waals surface area (Å²) in [7, 11) is 0.294. The van der Waals surface area contributed by atoms with Gasteiger partial charge in [0.1, 0.15) is 0 Å². The summed E-state index contributed by atoms with van der Waals surface area (Å²) in [5.74, 6) is 1.63. The zero-order valence-corrected chi connectivity index (χ0v) is 18.6. The van der Waals surface area contributed by atoms with E-state index in [0.717, 1.165) is 18.8 Å². The van der Waals surface area contributed by atoms with Gasteiger partial charge in [0.15, 0.2) is 5.96 Å².